The van der Waals surface area contributed by atoms with Crippen molar-refractivity contribution in [3.63, 3.8) is 0 Å². The van der Waals surface area contributed by atoms with Gasteiger partial charge < -0.3 is 15.6 Å². The zero-order valence-corrected chi connectivity index (χ0v) is 11.7. The lowest BCUT2D eigenvalue weighted by molar-refractivity contribution is 0.259. The molecule has 1 aliphatic rings. The second-order valence-corrected chi connectivity index (χ2v) is 5.43. The van der Waals surface area contributed by atoms with Crippen LogP contribution in [0.25, 0.3) is 11.4 Å². The van der Waals surface area contributed by atoms with E-state index in [9.17, 15) is 4.79 Å². The highest BCUT2D eigenvalue weighted by Gasteiger charge is 2.19. The standard InChI is InChI=1S/C15H18N4O2/c16-15(20)17-12-7-5-11(6-8-12)14-18-13(21-19-14)9-10-3-1-2-4-10/h5-8,10H,1-4,9H2,(H3,16,17,20). The van der Waals surface area contributed by atoms with E-state index < -0.39 is 6.03 Å². The Bertz CT molecular complexity index is 615. The van der Waals surface area contributed by atoms with Crippen LogP contribution in [0.3, 0.4) is 0 Å². The first-order valence-corrected chi connectivity index (χ1v) is 7.20. The highest BCUT2D eigenvalue weighted by Crippen LogP contribution is 2.28. The number of aromatic nitrogens is 2. The molecule has 0 aliphatic heterocycles. The number of carbonyl (C=O) groups excluding carboxylic acids is 1. The minimum Gasteiger partial charge on any atom is -0.351 e. The quantitative estimate of drug-likeness (QED) is 0.903. The van der Waals surface area contributed by atoms with Gasteiger partial charge in [0.15, 0.2) is 0 Å². The molecular formula is C15H18N4O2. The van der Waals surface area contributed by atoms with Crippen LogP contribution in [0.15, 0.2) is 28.8 Å². The van der Waals surface area contributed by atoms with Crippen LogP contribution in [0.1, 0.15) is 31.6 Å². The molecule has 3 N–H and O–H groups in total. The van der Waals surface area contributed by atoms with Crippen molar-refractivity contribution in [1.29, 1.82) is 0 Å². The first-order chi connectivity index (χ1) is 10.2. The molecule has 0 spiro atoms. The van der Waals surface area contributed by atoms with Crippen LogP contribution in [-0.2, 0) is 6.42 Å². The second kappa shape index (κ2) is 5.95. The molecule has 1 heterocycles. The van der Waals surface area contributed by atoms with E-state index in [1.807, 2.05) is 12.1 Å². The van der Waals surface area contributed by atoms with Gasteiger partial charge in [-0.15, -0.1) is 0 Å². The lowest BCUT2D eigenvalue weighted by Crippen LogP contribution is -2.19. The molecule has 1 aromatic heterocycles. The topological polar surface area (TPSA) is 94.0 Å². The Labute approximate surface area is 122 Å². The van der Waals surface area contributed by atoms with Gasteiger partial charge in [-0.05, 0) is 43.0 Å². The second-order valence-electron chi connectivity index (χ2n) is 5.43. The van der Waals surface area contributed by atoms with Gasteiger partial charge in [0.1, 0.15) is 0 Å². The predicted octanol–water partition coefficient (Wildman–Crippen LogP) is 2.96. The van der Waals surface area contributed by atoms with Crippen molar-refractivity contribution >= 4 is 11.7 Å². The normalized spacial score (nSPS) is 15.2. The number of nitrogens with two attached hydrogens (primary N) is 1. The molecular weight excluding hydrogens is 268 g/mol. The predicted molar refractivity (Wildman–Crippen MR) is 78.6 cm³/mol. The molecule has 21 heavy (non-hydrogen) atoms. The van der Waals surface area contributed by atoms with Crippen LogP contribution in [0.5, 0.6) is 0 Å². The molecule has 6 nitrogen and oxygen atoms in total. The maximum absolute atomic E-state index is 10.8. The van der Waals surface area contributed by atoms with E-state index in [-0.39, 0.29) is 0 Å². The fourth-order valence-corrected chi connectivity index (χ4v) is 2.76. The van der Waals surface area contributed by atoms with Gasteiger partial charge in [-0.25, -0.2) is 4.79 Å². The van der Waals surface area contributed by atoms with E-state index in [2.05, 4.69) is 15.5 Å². The number of hydrogen-bond acceptors (Lipinski definition) is 4. The van der Waals surface area contributed by atoms with E-state index in [1.165, 1.54) is 25.7 Å². The summed E-state index contributed by atoms with van der Waals surface area (Å²) in [5.74, 6) is 1.96. The number of rotatable bonds is 4. The van der Waals surface area contributed by atoms with Crippen molar-refractivity contribution in [2.45, 2.75) is 32.1 Å². The Morgan fingerprint density at radius 1 is 1.29 bits per heavy atom. The summed E-state index contributed by atoms with van der Waals surface area (Å²) in [5.41, 5.74) is 6.56. The van der Waals surface area contributed by atoms with Gasteiger partial charge in [0.2, 0.25) is 11.7 Å². The third-order valence-corrected chi connectivity index (χ3v) is 3.82. The molecule has 1 aromatic carbocycles. The summed E-state index contributed by atoms with van der Waals surface area (Å²) in [5, 5.41) is 6.53. The number of benzene rings is 1. The number of nitrogens with one attached hydrogen (secondary N) is 1. The zero-order valence-electron chi connectivity index (χ0n) is 11.7. The summed E-state index contributed by atoms with van der Waals surface area (Å²) in [6.07, 6.45) is 5.99. The average Bonchev–Trinajstić information content (AvgIpc) is 3.11. The maximum Gasteiger partial charge on any atom is 0.316 e. The molecule has 6 heteroatoms. The molecule has 1 fully saturated rings. The fraction of sp³-hybridized carbons (Fsp3) is 0.400. The molecule has 0 atom stereocenters. The Morgan fingerprint density at radius 3 is 2.67 bits per heavy atom. The van der Waals surface area contributed by atoms with Crippen LogP contribution >= 0.6 is 0 Å². The molecule has 110 valence electrons. The SMILES string of the molecule is NC(=O)Nc1ccc(-c2noc(CC3CCCC3)n2)cc1. The summed E-state index contributed by atoms with van der Waals surface area (Å²) in [4.78, 5) is 15.2. The van der Waals surface area contributed by atoms with Crippen LogP contribution in [0.4, 0.5) is 10.5 Å². The Morgan fingerprint density at radius 2 is 2.00 bits per heavy atom. The lowest BCUT2D eigenvalue weighted by Gasteiger charge is -2.03. The molecule has 0 bridgehead atoms. The van der Waals surface area contributed by atoms with Crippen molar-refractivity contribution in [3.8, 4) is 11.4 Å². The minimum absolute atomic E-state index is 0.577. The molecule has 3 rings (SSSR count). The van der Waals surface area contributed by atoms with Crippen molar-refractivity contribution in [2.24, 2.45) is 11.7 Å². The first-order valence-electron chi connectivity index (χ1n) is 7.20. The number of amides is 2. The molecule has 2 aromatic rings. The zero-order chi connectivity index (χ0) is 14.7. The van der Waals surface area contributed by atoms with E-state index in [1.54, 1.807) is 12.1 Å². The number of anilines is 1. The van der Waals surface area contributed by atoms with Gasteiger partial charge in [-0.2, -0.15) is 4.98 Å². The molecule has 0 radical (unpaired) electrons. The molecule has 0 unspecified atom stereocenters. The molecule has 2 amide bonds. The first kappa shape index (κ1) is 13.6. The smallest absolute Gasteiger partial charge is 0.316 e. The Balaban J connectivity index is 1.68. The molecule has 1 saturated carbocycles. The van der Waals surface area contributed by atoms with E-state index in [0.29, 0.717) is 23.3 Å². The van der Waals surface area contributed by atoms with Crippen LogP contribution in [0.2, 0.25) is 0 Å². The third kappa shape index (κ3) is 3.39. The van der Waals surface area contributed by atoms with Crippen LogP contribution in [-0.4, -0.2) is 16.2 Å². The van der Waals surface area contributed by atoms with E-state index in [4.69, 9.17) is 10.3 Å². The maximum atomic E-state index is 10.8. The summed E-state index contributed by atoms with van der Waals surface area (Å²) in [6, 6.07) is 6.59. The Kier molecular flexibility index (Phi) is 3.85. The van der Waals surface area contributed by atoms with E-state index >= 15 is 0 Å². The van der Waals surface area contributed by atoms with Gasteiger partial charge in [0, 0.05) is 17.7 Å². The van der Waals surface area contributed by atoms with E-state index in [0.717, 1.165) is 12.0 Å². The third-order valence-electron chi connectivity index (χ3n) is 3.82. The van der Waals surface area contributed by atoms with Crippen LogP contribution in [0, 0.1) is 5.92 Å². The Hall–Kier alpha value is -2.37. The summed E-state index contributed by atoms with van der Waals surface area (Å²) in [6.45, 7) is 0. The highest BCUT2D eigenvalue weighted by atomic mass is 16.5. The van der Waals surface area contributed by atoms with Gasteiger partial charge in [-0.3, -0.25) is 0 Å². The van der Waals surface area contributed by atoms with Gasteiger partial charge in [0.05, 0.1) is 0 Å². The fourth-order valence-electron chi connectivity index (χ4n) is 2.76. The molecule has 0 saturated heterocycles. The van der Waals surface area contributed by atoms with Crippen molar-refractivity contribution in [3.05, 3.63) is 30.2 Å². The minimum atomic E-state index is -0.582. The average molecular weight is 286 g/mol. The van der Waals surface area contributed by atoms with Crippen molar-refractivity contribution in [1.82, 2.24) is 10.1 Å². The van der Waals surface area contributed by atoms with Gasteiger partial charge in [-0.1, -0.05) is 18.0 Å². The number of nitrogens with zero attached hydrogens (tertiary/aromatic N) is 2. The lowest BCUT2D eigenvalue weighted by atomic mass is 10.0. The largest absolute Gasteiger partial charge is 0.351 e. The molecule has 1 aliphatic carbocycles. The number of primary amides is 1. The van der Waals surface area contributed by atoms with Crippen molar-refractivity contribution in [2.75, 3.05) is 5.32 Å². The highest BCUT2D eigenvalue weighted by molar-refractivity contribution is 5.88. The van der Waals surface area contributed by atoms with Gasteiger partial charge >= 0.3 is 6.03 Å². The number of urea groups is 1. The summed E-state index contributed by atoms with van der Waals surface area (Å²) in [7, 11) is 0. The summed E-state index contributed by atoms with van der Waals surface area (Å²) < 4.78 is 5.32. The van der Waals surface area contributed by atoms with Crippen LogP contribution < -0.4 is 11.1 Å². The summed E-state index contributed by atoms with van der Waals surface area (Å²) >= 11 is 0. The number of hydrogen-bond donors (Lipinski definition) is 2. The number of carbonyl (C=O) groups is 1. The van der Waals surface area contributed by atoms with Crippen molar-refractivity contribution < 1.29 is 9.32 Å². The monoisotopic (exact) mass is 286 g/mol. The van der Waals surface area contributed by atoms with Gasteiger partial charge in [0.25, 0.3) is 0 Å².